The van der Waals surface area contributed by atoms with Crippen molar-refractivity contribution in [2.24, 2.45) is 0 Å². The highest BCUT2D eigenvalue weighted by atomic mass is 127. The van der Waals surface area contributed by atoms with Gasteiger partial charge in [0.2, 0.25) is 0 Å². The van der Waals surface area contributed by atoms with E-state index in [0.717, 1.165) is 9.13 Å². The van der Waals surface area contributed by atoms with Crippen LogP contribution in [0.5, 0.6) is 11.5 Å². The van der Waals surface area contributed by atoms with Crippen molar-refractivity contribution >= 4 is 46.1 Å². The molecule has 1 N–H and O–H groups in total. The summed E-state index contributed by atoms with van der Waals surface area (Å²) in [5.74, 6) is -0.0176. The summed E-state index contributed by atoms with van der Waals surface area (Å²) in [6.45, 7) is 0.208. The normalized spacial score (nSPS) is 10.2. The Kier molecular flexibility index (Phi) is 7.10. The van der Waals surface area contributed by atoms with Gasteiger partial charge in [-0.25, -0.2) is 4.79 Å². The molecule has 0 aliphatic carbocycles. The van der Waals surface area contributed by atoms with Gasteiger partial charge in [-0.2, -0.15) is 0 Å². The first kappa shape index (κ1) is 20.3. The SMILES string of the molecule is COC(=O)c1cc(CNC(=O)c2cc(Cl)c(I)cc2OC)ccc1OC. The van der Waals surface area contributed by atoms with E-state index < -0.39 is 5.97 Å². The fourth-order valence-corrected chi connectivity index (χ4v) is 2.89. The van der Waals surface area contributed by atoms with Gasteiger partial charge in [-0.3, -0.25) is 4.79 Å². The van der Waals surface area contributed by atoms with E-state index in [2.05, 4.69) is 27.9 Å². The number of halogens is 2. The zero-order valence-electron chi connectivity index (χ0n) is 14.4. The molecule has 2 aromatic rings. The first-order valence-corrected chi connectivity index (χ1v) is 8.93. The van der Waals surface area contributed by atoms with E-state index in [4.69, 9.17) is 25.8 Å². The van der Waals surface area contributed by atoms with Crippen molar-refractivity contribution in [2.75, 3.05) is 21.3 Å². The van der Waals surface area contributed by atoms with Gasteiger partial charge in [0.1, 0.15) is 17.1 Å². The summed E-state index contributed by atoms with van der Waals surface area (Å²) in [5.41, 5.74) is 1.34. The highest BCUT2D eigenvalue weighted by Gasteiger charge is 2.17. The van der Waals surface area contributed by atoms with Gasteiger partial charge in [0.05, 0.1) is 31.9 Å². The van der Waals surface area contributed by atoms with E-state index in [1.54, 1.807) is 30.3 Å². The maximum Gasteiger partial charge on any atom is 0.341 e. The maximum atomic E-state index is 12.5. The summed E-state index contributed by atoms with van der Waals surface area (Å²) in [6.07, 6.45) is 0. The molecule has 6 nitrogen and oxygen atoms in total. The van der Waals surface area contributed by atoms with Gasteiger partial charge in [-0.05, 0) is 52.4 Å². The number of rotatable bonds is 6. The van der Waals surface area contributed by atoms with E-state index in [9.17, 15) is 9.59 Å². The molecule has 0 aromatic heterocycles. The molecule has 0 bridgehead atoms. The zero-order valence-corrected chi connectivity index (χ0v) is 17.3. The van der Waals surface area contributed by atoms with Crippen molar-refractivity contribution in [3.05, 3.63) is 55.6 Å². The van der Waals surface area contributed by atoms with E-state index >= 15 is 0 Å². The van der Waals surface area contributed by atoms with E-state index in [1.807, 2.05) is 0 Å². The number of carbonyl (C=O) groups excluding carboxylic acids is 2. The molecule has 1 amide bonds. The number of hydrogen-bond acceptors (Lipinski definition) is 5. The molecule has 26 heavy (non-hydrogen) atoms. The monoisotopic (exact) mass is 489 g/mol. The van der Waals surface area contributed by atoms with Crippen LogP contribution in [0.2, 0.25) is 5.02 Å². The molecular weight excluding hydrogens is 473 g/mol. The quantitative estimate of drug-likeness (QED) is 0.495. The van der Waals surface area contributed by atoms with Gasteiger partial charge in [0.15, 0.2) is 0 Å². The van der Waals surface area contributed by atoms with Crippen molar-refractivity contribution in [3.8, 4) is 11.5 Å². The molecule has 138 valence electrons. The Morgan fingerprint density at radius 3 is 2.35 bits per heavy atom. The highest BCUT2D eigenvalue weighted by Crippen LogP contribution is 2.28. The Hall–Kier alpha value is -2.00. The summed E-state index contributed by atoms with van der Waals surface area (Å²) in [5, 5.41) is 3.25. The lowest BCUT2D eigenvalue weighted by molar-refractivity contribution is 0.0597. The summed E-state index contributed by atoms with van der Waals surface area (Å²) >= 11 is 8.17. The lowest BCUT2D eigenvalue weighted by atomic mass is 10.1. The third kappa shape index (κ3) is 4.59. The number of carbonyl (C=O) groups is 2. The Labute approximate surface area is 169 Å². The maximum absolute atomic E-state index is 12.5. The van der Waals surface area contributed by atoms with Crippen LogP contribution >= 0.6 is 34.2 Å². The largest absolute Gasteiger partial charge is 0.496 e. The summed E-state index contributed by atoms with van der Waals surface area (Å²) in [4.78, 5) is 24.3. The Morgan fingerprint density at radius 2 is 1.73 bits per heavy atom. The van der Waals surface area contributed by atoms with E-state index in [-0.39, 0.29) is 18.0 Å². The van der Waals surface area contributed by atoms with Crippen LogP contribution in [-0.4, -0.2) is 33.2 Å². The van der Waals surface area contributed by atoms with Crippen LogP contribution in [0.3, 0.4) is 0 Å². The second kappa shape index (κ2) is 9.09. The average Bonchev–Trinajstić information content (AvgIpc) is 2.66. The Balaban J connectivity index is 2.20. The number of ether oxygens (including phenoxy) is 3. The van der Waals surface area contributed by atoms with Crippen molar-refractivity contribution in [1.82, 2.24) is 5.32 Å². The smallest absolute Gasteiger partial charge is 0.341 e. The third-order valence-corrected chi connectivity index (χ3v) is 5.13. The molecule has 0 aliphatic heterocycles. The first-order chi connectivity index (χ1) is 12.4. The third-order valence-electron chi connectivity index (χ3n) is 3.61. The van der Waals surface area contributed by atoms with Crippen LogP contribution < -0.4 is 14.8 Å². The molecular formula is C18H17ClINO5. The number of hydrogen-bond donors (Lipinski definition) is 1. The predicted octanol–water partition coefficient (Wildman–Crippen LogP) is 3.68. The molecule has 0 aliphatic rings. The highest BCUT2D eigenvalue weighted by molar-refractivity contribution is 14.1. The van der Waals surface area contributed by atoms with Crippen molar-refractivity contribution in [3.63, 3.8) is 0 Å². The van der Waals surface area contributed by atoms with E-state index in [0.29, 0.717) is 22.1 Å². The molecule has 0 spiro atoms. The van der Waals surface area contributed by atoms with Crippen molar-refractivity contribution < 1.29 is 23.8 Å². The van der Waals surface area contributed by atoms with Gasteiger partial charge in [0.25, 0.3) is 5.91 Å². The molecule has 0 saturated heterocycles. The lowest BCUT2D eigenvalue weighted by Crippen LogP contribution is -2.23. The lowest BCUT2D eigenvalue weighted by Gasteiger charge is -2.12. The standard InChI is InChI=1S/C18H17ClINO5/c1-24-15-5-4-10(6-12(15)18(23)26-3)9-21-17(22)11-7-13(19)14(20)8-16(11)25-2/h4-8H,9H2,1-3H3,(H,21,22). The van der Waals surface area contributed by atoms with Crippen LogP contribution in [-0.2, 0) is 11.3 Å². The summed E-state index contributed by atoms with van der Waals surface area (Å²) < 4.78 is 15.9. The molecule has 2 aromatic carbocycles. The number of esters is 1. The second-order valence-corrected chi connectivity index (χ2v) is 6.74. The first-order valence-electron chi connectivity index (χ1n) is 7.47. The minimum Gasteiger partial charge on any atom is -0.496 e. The molecule has 0 radical (unpaired) electrons. The fourth-order valence-electron chi connectivity index (χ4n) is 2.29. The number of benzene rings is 2. The molecule has 0 saturated carbocycles. The second-order valence-electron chi connectivity index (χ2n) is 5.18. The van der Waals surface area contributed by atoms with Gasteiger partial charge in [-0.15, -0.1) is 0 Å². The fraction of sp³-hybridized carbons (Fsp3) is 0.222. The predicted molar refractivity (Wildman–Crippen MR) is 106 cm³/mol. The summed E-state index contributed by atoms with van der Waals surface area (Å²) in [7, 11) is 4.25. The Morgan fingerprint density at radius 1 is 1.04 bits per heavy atom. The molecule has 0 heterocycles. The van der Waals surface area contributed by atoms with Crippen molar-refractivity contribution in [1.29, 1.82) is 0 Å². The minimum atomic E-state index is -0.513. The van der Waals surface area contributed by atoms with Crippen LogP contribution in [0.15, 0.2) is 30.3 Å². The number of methoxy groups -OCH3 is 3. The van der Waals surface area contributed by atoms with Crippen LogP contribution in [0, 0.1) is 3.57 Å². The van der Waals surface area contributed by atoms with Crippen LogP contribution in [0.25, 0.3) is 0 Å². The topological polar surface area (TPSA) is 73.9 Å². The summed E-state index contributed by atoms with van der Waals surface area (Å²) in [6, 6.07) is 8.27. The Bertz CT molecular complexity index is 841. The average molecular weight is 490 g/mol. The van der Waals surface area contributed by atoms with Crippen molar-refractivity contribution in [2.45, 2.75) is 6.54 Å². The molecule has 8 heteroatoms. The van der Waals surface area contributed by atoms with E-state index in [1.165, 1.54) is 21.3 Å². The molecule has 0 atom stereocenters. The van der Waals surface area contributed by atoms with Gasteiger partial charge in [0, 0.05) is 10.1 Å². The van der Waals surface area contributed by atoms with Crippen LogP contribution in [0.4, 0.5) is 0 Å². The van der Waals surface area contributed by atoms with Gasteiger partial charge in [-0.1, -0.05) is 17.7 Å². The number of amides is 1. The molecule has 2 rings (SSSR count). The number of nitrogens with one attached hydrogen (secondary N) is 1. The van der Waals surface area contributed by atoms with Gasteiger partial charge < -0.3 is 19.5 Å². The van der Waals surface area contributed by atoms with Gasteiger partial charge >= 0.3 is 5.97 Å². The zero-order chi connectivity index (χ0) is 19.3. The van der Waals surface area contributed by atoms with Crippen LogP contribution in [0.1, 0.15) is 26.3 Å². The molecule has 0 fully saturated rings. The minimum absolute atomic E-state index is 0.208. The molecule has 0 unspecified atom stereocenters.